The van der Waals surface area contributed by atoms with Crippen molar-refractivity contribution < 1.29 is 13.2 Å². The van der Waals surface area contributed by atoms with Gasteiger partial charge in [-0.05, 0) is 10.4 Å². The molecule has 49 valence electrons. The van der Waals surface area contributed by atoms with Crippen molar-refractivity contribution in [3.8, 4) is 0 Å². The van der Waals surface area contributed by atoms with Gasteiger partial charge < -0.3 is 0 Å². The van der Waals surface area contributed by atoms with E-state index in [-0.39, 0.29) is 0 Å². The Morgan fingerprint density at radius 2 is 1.44 bits per heavy atom. The third-order valence-corrected chi connectivity index (χ3v) is 0.572. The van der Waals surface area contributed by atoms with Crippen LogP contribution in [-0.4, -0.2) is 6.18 Å². The highest BCUT2D eigenvalue weighted by Crippen LogP contribution is 2.32. The summed E-state index contributed by atoms with van der Waals surface area (Å²) in [5, 5.41) is 10.5. The summed E-state index contributed by atoms with van der Waals surface area (Å²) in [5.41, 5.74) is 0. The molecule has 1 rings (SSSR count). The van der Waals surface area contributed by atoms with Gasteiger partial charge in [-0.15, -0.1) is 10.2 Å². The number of alkyl halides is 3. The quantitative estimate of drug-likeness (QED) is 0.489. The fourth-order valence-electron chi connectivity index (χ4n) is 0.258. The largest absolute Gasteiger partial charge is 0.443 e. The Balaban J connectivity index is 2.64. The van der Waals surface area contributed by atoms with E-state index in [1.54, 1.807) is 0 Å². The van der Waals surface area contributed by atoms with Crippen molar-refractivity contribution in [1.82, 2.24) is 0 Å². The maximum Gasteiger partial charge on any atom is 0.443 e. The highest BCUT2D eigenvalue weighted by atomic mass is 19.4. The van der Waals surface area contributed by atoms with E-state index < -0.39 is 12.3 Å². The Morgan fingerprint density at radius 3 is 1.67 bits per heavy atom. The normalized spacial score (nSPS) is 19.4. The molecule has 0 fully saturated rings. The first-order valence-corrected chi connectivity index (χ1v) is 1.86. The zero-order valence-corrected chi connectivity index (χ0v) is 3.92. The molecule has 7 heteroatoms. The summed E-state index contributed by atoms with van der Waals surface area (Å²) in [4.78, 5) is 0. The van der Waals surface area contributed by atoms with Crippen LogP contribution >= 0.6 is 0 Å². The summed E-state index contributed by atoms with van der Waals surface area (Å²) in [6, 6.07) is 0. The first kappa shape index (κ1) is 6.12. The summed E-state index contributed by atoms with van der Waals surface area (Å²) in [6.45, 7) is 0. The maximum atomic E-state index is 11.4. The Labute approximate surface area is 47.5 Å². The van der Waals surface area contributed by atoms with Crippen molar-refractivity contribution >= 4 is 0 Å². The Kier molecular flexibility index (Phi) is 1.19. The Bertz CT molecular complexity index is 146. The van der Waals surface area contributed by atoms with Gasteiger partial charge in [-0.1, -0.05) is 0 Å². The van der Waals surface area contributed by atoms with E-state index in [1.165, 1.54) is 0 Å². The predicted molar refractivity (Wildman–Crippen MR) is 19.0 cm³/mol. The van der Waals surface area contributed by atoms with Gasteiger partial charge in [0.05, 0.1) is 0 Å². The van der Waals surface area contributed by atoms with Gasteiger partial charge in [0.15, 0.2) is 0 Å². The lowest BCUT2D eigenvalue weighted by molar-refractivity contribution is -0.114. The van der Waals surface area contributed by atoms with Crippen LogP contribution in [0.3, 0.4) is 0 Å². The Morgan fingerprint density at radius 1 is 1.00 bits per heavy atom. The highest BCUT2D eigenvalue weighted by molar-refractivity contribution is 4.91. The maximum absolute atomic E-state index is 11.4. The van der Waals surface area contributed by atoms with Crippen molar-refractivity contribution in [2.75, 3.05) is 0 Å². The molecule has 1 heterocycles. The van der Waals surface area contributed by atoms with E-state index >= 15 is 0 Å². The van der Waals surface area contributed by atoms with Crippen LogP contribution in [0.2, 0.25) is 0 Å². The van der Waals surface area contributed by atoms with E-state index in [1.807, 2.05) is 0 Å². The molecule has 0 N–H and O–H groups in total. The number of nitrogens with zero attached hydrogens (tertiary/aromatic N) is 4. The molecule has 9 heavy (non-hydrogen) atoms. The summed E-state index contributed by atoms with van der Waals surface area (Å²) in [7, 11) is 0. The second-order valence-corrected chi connectivity index (χ2v) is 1.20. The lowest BCUT2D eigenvalue weighted by Crippen LogP contribution is -2.14. The lowest BCUT2D eigenvalue weighted by atomic mass is 10.5. The molecule has 1 radical (unpaired) electrons. The molecule has 0 amide bonds. The topological polar surface area (TPSA) is 49.4 Å². The minimum absolute atomic E-state index is 1.30. The molecule has 0 aromatic heterocycles. The minimum atomic E-state index is -4.52. The molecule has 0 saturated heterocycles. The Hall–Kier alpha value is -1.01. The second-order valence-electron chi connectivity index (χ2n) is 1.20. The molecule has 0 unspecified atom stereocenters. The summed E-state index contributed by atoms with van der Waals surface area (Å²) >= 11 is 0. The van der Waals surface area contributed by atoms with E-state index in [2.05, 4.69) is 20.7 Å². The summed E-state index contributed by atoms with van der Waals surface area (Å²) < 4.78 is 34.2. The fourth-order valence-corrected chi connectivity index (χ4v) is 0.258. The molecule has 1 aliphatic heterocycles. The van der Waals surface area contributed by atoms with Crippen molar-refractivity contribution in [1.29, 1.82) is 0 Å². The predicted octanol–water partition coefficient (Wildman–Crippen LogP) is 1.87. The van der Waals surface area contributed by atoms with Crippen LogP contribution in [0, 0.1) is 6.17 Å². The van der Waals surface area contributed by atoms with Gasteiger partial charge in [-0.25, -0.2) is 0 Å². The van der Waals surface area contributed by atoms with Gasteiger partial charge in [-0.2, -0.15) is 13.2 Å². The van der Waals surface area contributed by atoms with Crippen LogP contribution in [-0.2, 0) is 0 Å². The second kappa shape index (κ2) is 1.74. The lowest BCUT2D eigenvalue weighted by Gasteiger charge is -2.01. The average molecular weight is 137 g/mol. The zero-order chi connectivity index (χ0) is 6.91. The third-order valence-electron chi connectivity index (χ3n) is 0.572. The van der Waals surface area contributed by atoms with Gasteiger partial charge in [0.1, 0.15) is 0 Å². The molecule has 0 bridgehead atoms. The van der Waals surface area contributed by atoms with E-state index in [4.69, 9.17) is 0 Å². The van der Waals surface area contributed by atoms with Gasteiger partial charge in [0, 0.05) is 0 Å². The van der Waals surface area contributed by atoms with Crippen LogP contribution in [0.5, 0.6) is 0 Å². The van der Waals surface area contributed by atoms with Crippen molar-refractivity contribution in [2.24, 2.45) is 20.7 Å². The number of rotatable bonds is 0. The summed E-state index contributed by atoms with van der Waals surface area (Å²) in [6.07, 6.45) is -5.83. The molecule has 0 aromatic carbocycles. The number of halogens is 3. The van der Waals surface area contributed by atoms with Crippen LogP contribution in [0.15, 0.2) is 20.7 Å². The van der Waals surface area contributed by atoms with Gasteiger partial charge in [0.2, 0.25) is 0 Å². The van der Waals surface area contributed by atoms with Gasteiger partial charge in [-0.3, -0.25) is 0 Å². The fraction of sp³-hybridized carbons (Fsp3) is 0.500. The molecular formula is C2F3N4. The summed E-state index contributed by atoms with van der Waals surface area (Å²) in [5.74, 6) is 0. The highest BCUT2D eigenvalue weighted by Gasteiger charge is 2.44. The van der Waals surface area contributed by atoms with Crippen molar-refractivity contribution in [3.63, 3.8) is 0 Å². The van der Waals surface area contributed by atoms with Crippen LogP contribution in [0.1, 0.15) is 0 Å². The smallest absolute Gasteiger partial charge is 0.166 e. The molecule has 0 aliphatic carbocycles. The molecule has 0 saturated carbocycles. The zero-order valence-electron chi connectivity index (χ0n) is 3.92. The average Bonchev–Trinajstić information content (AvgIpc) is 2.08. The van der Waals surface area contributed by atoms with E-state index in [0.29, 0.717) is 0 Å². The van der Waals surface area contributed by atoms with Crippen molar-refractivity contribution in [3.05, 3.63) is 6.17 Å². The first-order valence-electron chi connectivity index (χ1n) is 1.86. The minimum Gasteiger partial charge on any atom is -0.166 e. The number of hydrogen-bond donors (Lipinski definition) is 0. The molecule has 0 spiro atoms. The van der Waals surface area contributed by atoms with Crippen LogP contribution in [0.25, 0.3) is 0 Å². The number of hydrogen-bond acceptors (Lipinski definition) is 4. The molecule has 4 nitrogen and oxygen atoms in total. The molecule has 0 aromatic rings. The van der Waals surface area contributed by atoms with E-state index in [0.717, 1.165) is 0 Å². The van der Waals surface area contributed by atoms with Gasteiger partial charge >= 0.3 is 12.3 Å². The van der Waals surface area contributed by atoms with Crippen LogP contribution < -0.4 is 0 Å². The monoisotopic (exact) mass is 137 g/mol. The SMILES string of the molecule is FC(F)(F)[C]1N=NN=N1. The molecular weight excluding hydrogens is 137 g/mol. The van der Waals surface area contributed by atoms with E-state index in [9.17, 15) is 13.2 Å². The third kappa shape index (κ3) is 1.21. The molecule has 0 atom stereocenters. The standard InChI is InChI=1S/C2F3N4/c3-2(4,5)1-6-8-9-7-1. The molecule has 1 aliphatic rings. The van der Waals surface area contributed by atoms with Crippen molar-refractivity contribution in [2.45, 2.75) is 6.18 Å². The van der Waals surface area contributed by atoms with Gasteiger partial charge in [0.25, 0.3) is 0 Å². The first-order chi connectivity index (χ1) is 4.11. The van der Waals surface area contributed by atoms with Crippen LogP contribution in [0.4, 0.5) is 13.2 Å².